The van der Waals surface area contributed by atoms with Crippen LogP contribution in [0.25, 0.3) is 0 Å². The summed E-state index contributed by atoms with van der Waals surface area (Å²) in [5.74, 6) is 0. The molecule has 1 aromatic carbocycles. The van der Waals surface area contributed by atoms with Crippen molar-refractivity contribution in [3.8, 4) is 6.07 Å². The van der Waals surface area contributed by atoms with Crippen LogP contribution in [0.2, 0.25) is 0 Å². The maximum Gasteiger partial charge on any atom is 0.101 e. The number of nitrogens with one attached hydrogen (secondary N) is 1. The van der Waals surface area contributed by atoms with Gasteiger partial charge in [-0.05, 0) is 24.6 Å². The third-order valence-corrected chi connectivity index (χ3v) is 2.55. The van der Waals surface area contributed by atoms with Gasteiger partial charge in [0, 0.05) is 18.8 Å². The van der Waals surface area contributed by atoms with Crippen molar-refractivity contribution >= 4 is 11.4 Å². The molecule has 1 aromatic rings. The van der Waals surface area contributed by atoms with E-state index in [2.05, 4.69) is 12.2 Å². The van der Waals surface area contributed by atoms with Crippen LogP contribution in [0.15, 0.2) is 18.2 Å². The number of nitrogens with two attached hydrogens (primary N) is 1. The Morgan fingerprint density at radius 3 is 2.82 bits per heavy atom. The summed E-state index contributed by atoms with van der Waals surface area (Å²) in [5.41, 5.74) is 7.70. The van der Waals surface area contributed by atoms with E-state index in [4.69, 9.17) is 15.7 Å². The average molecular weight is 233 g/mol. The summed E-state index contributed by atoms with van der Waals surface area (Å²) in [6, 6.07) is 7.71. The summed E-state index contributed by atoms with van der Waals surface area (Å²) < 4.78 is 5.16. The van der Waals surface area contributed by atoms with Gasteiger partial charge in [0.2, 0.25) is 0 Å². The van der Waals surface area contributed by atoms with Gasteiger partial charge in [-0.2, -0.15) is 5.26 Å². The first-order valence-corrected chi connectivity index (χ1v) is 5.76. The van der Waals surface area contributed by atoms with Crippen molar-refractivity contribution in [2.24, 2.45) is 0 Å². The first-order chi connectivity index (χ1) is 8.21. The summed E-state index contributed by atoms with van der Waals surface area (Å²) in [6.45, 7) is 2.80. The van der Waals surface area contributed by atoms with Crippen LogP contribution in [0.3, 0.4) is 0 Å². The van der Waals surface area contributed by atoms with Crippen molar-refractivity contribution in [3.05, 3.63) is 23.8 Å². The number of methoxy groups -OCH3 is 1. The number of nitriles is 1. The predicted octanol–water partition coefficient (Wildman–Crippen LogP) is 2.37. The third-order valence-electron chi connectivity index (χ3n) is 2.55. The highest BCUT2D eigenvalue weighted by Crippen LogP contribution is 2.18. The molecule has 0 aromatic heterocycles. The smallest absolute Gasteiger partial charge is 0.101 e. The summed E-state index contributed by atoms with van der Waals surface area (Å²) in [5, 5.41) is 12.1. The highest BCUT2D eigenvalue weighted by Gasteiger charge is 2.08. The molecule has 0 aliphatic carbocycles. The van der Waals surface area contributed by atoms with Crippen LogP contribution in [-0.4, -0.2) is 19.8 Å². The lowest BCUT2D eigenvalue weighted by molar-refractivity contribution is 0.182. The number of nitrogens with zero attached hydrogens (tertiary/aromatic N) is 1. The van der Waals surface area contributed by atoms with Crippen LogP contribution < -0.4 is 11.1 Å². The van der Waals surface area contributed by atoms with Crippen LogP contribution >= 0.6 is 0 Å². The van der Waals surface area contributed by atoms with Gasteiger partial charge in [-0.15, -0.1) is 0 Å². The van der Waals surface area contributed by atoms with E-state index in [0.29, 0.717) is 17.9 Å². The van der Waals surface area contributed by atoms with E-state index in [9.17, 15) is 0 Å². The van der Waals surface area contributed by atoms with E-state index < -0.39 is 0 Å². The largest absolute Gasteiger partial charge is 0.398 e. The molecule has 3 N–H and O–H groups in total. The highest BCUT2D eigenvalue weighted by atomic mass is 16.5. The van der Waals surface area contributed by atoms with Crippen molar-refractivity contribution in [1.82, 2.24) is 0 Å². The van der Waals surface area contributed by atoms with Gasteiger partial charge in [0.25, 0.3) is 0 Å². The minimum atomic E-state index is 0.275. The Morgan fingerprint density at radius 1 is 1.53 bits per heavy atom. The van der Waals surface area contributed by atoms with Crippen LogP contribution in [0.5, 0.6) is 0 Å². The van der Waals surface area contributed by atoms with E-state index >= 15 is 0 Å². The van der Waals surface area contributed by atoms with Crippen LogP contribution in [-0.2, 0) is 4.74 Å². The van der Waals surface area contributed by atoms with E-state index in [1.54, 1.807) is 19.2 Å². The minimum absolute atomic E-state index is 0.275. The number of rotatable bonds is 6. The molecular weight excluding hydrogens is 214 g/mol. The van der Waals surface area contributed by atoms with Crippen LogP contribution in [0, 0.1) is 11.3 Å². The van der Waals surface area contributed by atoms with Gasteiger partial charge in [0.15, 0.2) is 0 Å². The summed E-state index contributed by atoms with van der Waals surface area (Å²) in [4.78, 5) is 0. The van der Waals surface area contributed by atoms with E-state index in [0.717, 1.165) is 18.5 Å². The standard InChI is InChI=1S/C13H19N3O/c1-3-4-12(9-17-2)16-11-6-5-10(8-14)13(15)7-11/h5-7,12,16H,3-4,9,15H2,1-2H3. The molecule has 0 bridgehead atoms. The molecule has 4 nitrogen and oxygen atoms in total. The molecule has 0 radical (unpaired) electrons. The van der Waals surface area contributed by atoms with E-state index in [1.165, 1.54) is 0 Å². The predicted molar refractivity (Wildman–Crippen MR) is 69.8 cm³/mol. The minimum Gasteiger partial charge on any atom is -0.398 e. The Morgan fingerprint density at radius 2 is 2.29 bits per heavy atom. The lowest BCUT2D eigenvalue weighted by atomic mass is 10.1. The van der Waals surface area contributed by atoms with Crippen molar-refractivity contribution in [3.63, 3.8) is 0 Å². The van der Waals surface area contributed by atoms with Gasteiger partial charge in [-0.3, -0.25) is 0 Å². The Kier molecular flexibility index (Phi) is 5.31. The lowest BCUT2D eigenvalue weighted by Gasteiger charge is -2.18. The van der Waals surface area contributed by atoms with E-state index in [-0.39, 0.29) is 6.04 Å². The number of benzene rings is 1. The Bertz CT molecular complexity index is 392. The molecule has 1 unspecified atom stereocenters. The van der Waals surface area contributed by atoms with Gasteiger partial charge in [0.1, 0.15) is 6.07 Å². The van der Waals surface area contributed by atoms with Gasteiger partial charge >= 0.3 is 0 Å². The maximum atomic E-state index is 8.79. The molecule has 4 heteroatoms. The molecule has 0 heterocycles. The van der Waals surface area contributed by atoms with Crippen molar-refractivity contribution < 1.29 is 4.74 Å². The fourth-order valence-electron chi connectivity index (χ4n) is 1.74. The molecule has 0 spiro atoms. The molecule has 0 saturated carbocycles. The number of hydrogen-bond acceptors (Lipinski definition) is 4. The van der Waals surface area contributed by atoms with Gasteiger partial charge in [-0.1, -0.05) is 13.3 Å². The molecule has 0 fully saturated rings. The zero-order chi connectivity index (χ0) is 12.7. The molecule has 1 rings (SSSR count). The number of anilines is 2. The second kappa shape index (κ2) is 6.77. The first kappa shape index (κ1) is 13.3. The van der Waals surface area contributed by atoms with Gasteiger partial charge < -0.3 is 15.8 Å². The molecule has 0 saturated heterocycles. The van der Waals surface area contributed by atoms with Crippen LogP contribution in [0.4, 0.5) is 11.4 Å². The molecular formula is C13H19N3O. The number of nitrogen functional groups attached to an aromatic ring is 1. The number of ether oxygens (including phenoxy) is 1. The quantitative estimate of drug-likeness (QED) is 0.740. The maximum absolute atomic E-state index is 8.79. The summed E-state index contributed by atoms with van der Waals surface area (Å²) in [6.07, 6.45) is 2.13. The lowest BCUT2D eigenvalue weighted by Crippen LogP contribution is -2.24. The molecule has 0 aliphatic heterocycles. The van der Waals surface area contributed by atoms with Crippen molar-refractivity contribution in [2.75, 3.05) is 24.8 Å². The SMILES string of the molecule is CCCC(COC)Nc1ccc(C#N)c(N)c1. The summed E-state index contributed by atoms with van der Waals surface area (Å²) >= 11 is 0. The average Bonchev–Trinajstić information content (AvgIpc) is 2.30. The van der Waals surface area contributed by atoms with Crippen molar-refractivity contribution in [1.29, 1.82) is 5.26 Å². The normalized spacial score (nSPS) is 11.8. The zero-order valence-electron chi connectivity index (χ0n) is 10.4. The first-order valence-electron chi connectivity index (χ1n) is 5.76. The molecule has 17 heavy (non-hydrogen) atoms. The molecule has 0 aliphatic rings. The Labute approximate surface area is 102 Å². The summed E-state index contributed by atoms with van der Waals surface area (Å²) in [7, 11) is 1.69. The van der Waals surface area contributed by atoms with Crippen molar-refractivity contribution in [2.45, 2.75) is 25.8 Å². The molecule has 0 amide bonds. The topological polar surface area (TPSA) is 71.1 Å². The second-order valence-corrected chi connectivity index (χ2v) is 4.00. The Balaban J connectivity index is 2.72. The third kappa shape index (κ3) is 3.97. The highest BCUT2D eigenvalue weighted by molar-refractivity contribution is 5.62. The second-order valence-electron chi connectivity index (χ2n) is 4.00. The fourth-order valence-corrected chi connectivity index (χ4v) is 1.74. The molecule has 92 valence electrons. The fraction of sp³-hybridized carbons (Fsp3) is 0.462. The zero-order valence-corrected chi connectivity index (χ0v) is 10.4. The molecule has 1 atom stereocenters. The Hall–Kier alpha value is -1.73. The monoisotopic (exact) mass is 233 g/mol. The van der Waals surface area contributed by atoms with E-state index in [1.807, 2.05) is 12.1 Å². The van der Waals surface area contributed by atoms with Gasteiger partial charge in [0.05, 0.1) is 17.9 Å². The number of hydrogen-bond donors (Lipinski definition) is 2. The van der Waals surface area contributed by atoms with Gasteiger partial charge in [-0.25, -0.2) is 0 Å². The van der Waals surface area contributed by atoms with Crippen LogP contribution in [0.1, 0.15) is 25.3 Å².